The van der Waals surface area contributed by atoms with E-state index in [0.717, 1.165) is 9.96 Å². The van der Waals surface area contributed by atoms with Gasteiger partial charge in [-0.1, -0.05) is 11.6 Å². The van der Waals surface area contributed by atoms with Gasteiger partial charge in [0.25, 0.3) is 5.91 Å². The van der Waals surface area contributed by atoms with Crippen molar-refractivity contribution < 1.29 is 19.5 Å². The van der Waals surface area contributed by atoms with Gasteiger partial charge in [-0.2, -0.15) is 5.06 Å². The lowest BCUT2D eigenvalue weighted by atomic mass is 10.1. The molecule has 1 fully saturated rings. The van der Waals surface area contributed by atoms with Crippen LogP contribution in [0.1, 0.15) is 38.1 Å². The molecular weight excluding hydrogens is 336 g/mol. The number of carbonyl (C=O) groups is 2. The van der Waals surface area contributed by atoms with Gasteiger partial charge < -0.3 is 10.4 Å². The predicted molar refractivity (Wildman–Crippen MR) is 88.7 cm³/mol. The number of hydrogen-bond donors (Lipinski definition) is 2. The largest absolute Gasteiger partial charge is 0.371 e. The summed E-state index contributed by atoms with van der Waals surface area (Å²) in [6.45, 7) is 7.18. The zero-order valence-electron chi connectivity index (χ0n) is 14.2. The summed E-state index contributed by atoms with van der Waals surface area (Å²) in [5.74, 6) is -0.233. The van der Waals surface area contributed by atoms with Crippen molar-refractivity contribution in [3.8, 4) is 0 Å². The van der Waals surface area contributed by atoms with Crippen LogP contribution in [0.4, 0.5) is 10.6 Å². The number of urea groups is 1. The summed E-state index contributed by atoms with van der Waals surface area (Å²) in [6.07, 6.45) is 0.133. The quantitative estimate of drug-likeness (QED) is 0.860. The van der Waals surface area contributed by atoms with Gasteiger partial charge in [0.05, 0.1) is 17.7 Å². The molecule has 1 saturated heterocycles. The Balaban J connectivity index is 2.30. The van der Waals surface area contributed by atoms with Crippen LogP contribution in [-0.4, -0.2) is 52.0 Å². The Hall–Kier alpha value is -1.90. The van der Waals surface area contributed by atoms with Crippen molar-refractivity contribution in [2.75, 3.05) is 12.0 Å². The normalized spacial score (nSPS) is 21.4. The van der Waals surface area contributed by atoms with E-state index in [1.807, 2.05) is 20.8 Å². The van der Waals surface area contributed by atoms with Gasteiger partial charge in [0, 0.05) is 17.8 Å². The molecule has 0 spiro atoms. The van der Waals surface area contributed by atoms with Crippen molar-refractivity contribution >= 4 is 29.4 Å². The molecule has 0 aromatic carbocycles. The number of nitrogens with one attached hydrogen (secondary N) is 1. The van der Waals surface area contributed by atoms with Crippen LogP contribution in [0.25, 0.3) is 0 Å². The first-order valence-electron chi connectivity index (χ1n) is 7.39. The second kappa shape index (κ2) is 6.54. The molecule has 1 aromatic heterocycles. The second-order valence-electron chi connectivity index (χ2n) is 6.54. The van der Waals surface area contributed by atoms with Crippen molar-refractivity contribution in [3.63, 3.8) is 0 Å². The van der Waals surface area contributed by atoms with E-state index in [4.69, 9.17) is 16.4 Å². The standard InChI is InChI=1S/C15H21ClN4O4/c1-8-13(22)19(14(23)20(8)24-5)11-6-10(16)9(7-17-11)12(21)18-15(2,3)4/h6-8,13,22H,1-5H3,(H,18,21). The molecule has 3 amide bonds. The lowest BCUT2D eigenvalue weighted by Crippen LogP contribution is -2.41. The van der Waals surface area contributed by atoms with Crippen molar-refractivity contribution in [2.45, 2.75) is 45.5 Å². The monoisotopic (exact) mass is 356 g/mol. The average Bonchev–Trinajstić information content (AvgIpc) is 2.66. The number of pyridine rings is 1. The van der Waals surface area contributed by atoms with Crippen molar-refractivity contribution in [1.29, 1.82) is 0 Å². The Morgan fingerprint density at radius 1 is 1.46 bits per heavy atom. The molecule has 0 aliphatic carbocycles. The van der Waals surface area contributed by atoms with Crippen LogP contribution < -0.4 is 10.2 Å². The second-order valence-corrected chi connectivity index (χ2v) is 6.95. The van der Waals surface area contributed by atoms with E-state index in [-0.39, 0.29) is 22.3 Å². The number of rotatable bonds is 3. The first-order chi connectivity index (χ1) is 11.1. The fourth-order valence-corrected chi connectivity index (χ4v) is 2.57. The maximum atomic E-state index is 12.3. The van der Waals surface area contributed by atoms with Crippen LogP contribution in [-0.2, 0) is 4.84 Å². The third-order valence-corrected chi connectivity index (χ3v) is 3.79. The highest BCUT2D eigenvalue weighted by Gasteiger charge is 2.45. The topological polar surface area (TPSA) is 95.0 Å². The van der Waals surface area contributed by atoms with E-state index in [1.54, 1.807) is 6.92 Å². The summed E-state index contributed by atoms with van der Waals surface area (Å²) >= 11 is 6.17. The fraction of sp³-hybridized carbons (Fsp3) is 0.533. The van der Waals surface area contributed by atoms with E-state index in [0.29, 0.717) is 0 Å². The lowest BCUT2D eigenvalue weighted by Gasteiger charge is -2.22. The summed E-state index contributed by atoms with van der Waals surface area (Å²) in [5.41, 5.74) is -0.234. The Morgan fingerprint density at radius 2 is 2.08 bits per heavy atom. The van der Waals surface area contributed by atoms with Gasteiger partial charge in [0.2, 0.25) is 0 Å². The van der Waals surface area contributed by atoms with Crippen LogP contribution >= 0.6 is 11.6 Å². The molecule has 2 atom stereocenters. The molecule has 0 bridgehead atoms. The summed E-state index contributed by atoms with van der Waals surface area (Å²) in [7, 11) is 1.34. The van der Waals surface area contributed by atoms with Crippen molar-refractivity contribution in [1.82, 2.24) is 15.4 Å². The Labute approximate surface area is 145 Å². The highest BCUT2D eigenvalue weighted by atomic mass is 35.5. The molecule has 9 heteroatoms. The molecule has 0 saturated carbocycles. The van der Waals surface area contributed by atoms with Crippen LogP contribution in [0.5, 0.6) is 0 Å². The van der Waals surface area contributed by atoms with Crippen LogP contribution in [0.2, 0.25) is 5.02 Å². The van der Waals surface area contributed by atoms with E-state index >= 15 is 0 Å². The lowest BCUT2D eigenvalue weighted by molar-refractivity contribution is -0.111. The smallest absolute Gasteiger partial charge is 0.352 e. The van der Waals surface area contributed by atoms with E-state index < -0.39 is 23.8 Å². The highest BCUT2D eigenvalue weighted by Crippen LogP contribution is 2.29. The van der Waals surface area contributed by atoms with E-state index in [2.05, 4.69) is 10.3 Å². The average molecular weight is 357 g/mol. The number of aliphatic hydroxyl groups excluding tert-OH is 1. The maximum Gasteiger partial charge on any atom is 0.352 e. The first-order valence-corrected chi connectivity index (χ1v) is 7.77. The van der Waals surface area contributed by atoms with Gasteiger partial charge in [0.1, 0.15) is 11.9 Å². The fourth-order valence-electron chi connectivity index (χ4n) is 2.34. The molecule has 2 N–H and O–H groups in total. The van der Waals surface area contributed by atoms with E-state index in [1.165, 1.54) is 19.4 Å². The number of hydroxylamine groups is 2. The zero-order valence-corrected chi connectivity index (χ0v) is 15.0. The number of hydrogen-bond acceptors (Lipinski definition) is 5. The number of aromatic nitrogens is 1. The third kappa shape index (κ3) is 3.45. The molecule has 2 rings (SSSR count). The van der Waals surface area contributed by atoms with Crippen LogP contribution in [0.3, 0.4) is 0 Å². The molecule has 0 radical (unpaired) electrons. The molecule has 2 heterocycles. The van der Waals surface area contributed by atoms with E-state index in [9.17, 15) is 14.7 Å². The number of nitrogens with zero attached hydrogens (tertiary/aromatic N) is 3. The minimum Gasteiger partial charge on any atom is -0.371 e. The summed E-state index contributed by atoms with van der Waals surface area (Å²) in [5, 5.41) is 14.2. The van der Waals surface area contributed by atoms with Gasteiger partial charge in [-0.3, -0.25) is 9.63 Å². The first kappa shape index (κ1) is 18.4. The molecule has 1 aliphatic rings. The summed E-state index contributed by atoms with van der Waals surface area (Å²) < 4.78 is 0. The number of halogens is 1. The van der Waals surface area contributed by atoms with Gasteiger partial charge in [-0.05, 0) is 27.7 Å². The number of carbonyl (C=O) groups excluding carboxylic acids is 2. The molecule has 2 unspecified atom stereocenters. The SMILES string of the molecule is CON1C(=O)N(c2cc(Cl)c(C(=O)NC(C)(C)C)cn2)C(O)C1C. The number of amides is 3. The molecular formula is C15H21ClN4O4. The minimum atomic E-state index is -1.14. The Morgan fingerprint density at radius 3 is 2.54 bits per heavy atom. The number of anilines is 1. The number of aliphatic hydroxyl groups is 1. The predicted octanol–water partition coefficient (Wildman–Crippen LogP) is 1.77. The molecule has 1 aliphatic heterocycles. The zero-order chi connectivity index (χ0) is 18.2. The van der Waals surface area contributed by atoms with Gasteiger partial charge in [-0.25, -0.2) is 14.7 Å². The molecule has 132 valence electrons. The minimum absolute atomic E-state index is 0.130. The Kier molecular flexibility index (Phi) is 5.03. The summed E-state index contributed by atoms with van der Waals surface area (Å²) in [6, 6.07) is 0.228. The maximum absolute atomic E-state index is 12.3. The van der Waals surface area contributed by atoms with Crippen molar-refractivity contribution in [3.05, 3.63) is 22.8 Å². The third-order valence-electron chi connectivity index (χ3n) is 3.48. The summed E-state index contributed by atoms with van der Waals surface area (Å²) in [4.78, 5) is 34.6. The van der Waals surface area contributed by atoms with Crippen LogP contribution in [0.15, 0.2) is 12.3 Å². The van der Waals surface area contributed by atoms with Gasteiger partial charge in [-0.15, -0.1) is 0 Å². The Bertz CT molecular complexity index is 661. The molecule has 24 heavy (non-hydrogen) atoms. The molecule has 1 aromatic rings. The van der Waals surface area contributed by atoms with Gasteiger partial charge in [0.15, 0.2) is 6.23 Å². The highest BCUT2D eigenvalue weighted by molar-refractivity contribution is 6.34. The molecule has 8 nitrogen and oxygen atoms in total. The van der Waals surface area contributed by atoms with Crippen LogP contribution in [0, 0.1) is 0 Å². The van der Waals surface area contributed by atoms with Gasteiger partial charge >= 0.3 is 6.03 Å². The van der Waals surface area contributed by atoms with Crippen molar-refractivity contribution in [2.24, 2.45) is 0 Å².